The SMILES string of the molecule is CC(C)CN(C[C@@H](O)[C@H](Cc1ccc(OCCNC(=O)S(C)(=O)=O)cc1)NC(=O)OC1COC2OCCC12)S(=O)(=O)c1ccc2c(c1)OCO2. The number of amides is 2. The lowest BCUT2D eigenvalue weighted by Crippen LogP contribution is -2.51. The molecule has 0 radical (unpaired) electrons. The predicted molar refractivity (Wildman–Crippen MR) is 177 cm³/mol. The number of sulfone groups is 1. The van der Waals surface area contributed by atoms with E-state index in [4.69, 9.17) is 28.4 Å². The van der Waals surface area contributed by atoms with Crippen molar-refractivity contribution in [2.24, 2.45) is 11.8 Å². The van der Waals surface area contributed by atoms with E-state index in [9.17, 15) is 31.5 Å². The zero-order chi connectivity index (χ0) is 36.1. The van der Waals surface area contributed by atoms with E-state index in [-0.39, 0.29) is 62.8 Å². The van der Waals surface area contributed by atoms with Crippen LogP contribution < -0.4 is 24.8 Å². The minimum atomic E-state index is -4.12. The number of aliphatic hydroxyl groups excluding tert-OH is 1. The lowest BCUT2D eigenvalue weighted by Gasteiger charge is -2.31. The van der Waals surface area contributed by atoms with E-state index in [1.54, 1.807) is 24.3 Å². The molecule has 2 saturated heterocycles. The number of sulfonamides is 1. The van der Waals surface area contributed by atoms with E-state index in [2.05, 4.69) is 10.6 Å². The van der Waals surface area contributed by atoms with Crippen molar-refractivity contribution >= 4 is 31.2 Å². The van der Waals surface area contributed by atoms with Crippen molar-refractivity contribution in [3.8, 4) is 17.2 Å². The van der Waals surface area contributed by atoms with Gasteiger partial charge in [-0.1, -0.05) is 26.0 Å². The number of carbonyl (C=O) groups excluding carboxylic acids is 2. The molecule has 3 N–H and O–H groups in total. The van der Waals surface area contributed by atoms with E-state index in [1.807, 2.05) is 13.8 Å². The molecule has 3 aliphatic heterocycles. The van der Waals surface area contributed by atoms with Crippen LogP contribution in [0.4, 0.5) is 9.59 Å². The van der Waals surface area contributed by atoms with Crippen LogP contribution in [0.25, 0.3) is 0 Å². The summed E-state index contributed by atoms with van der Waals surface area (Å²) in [5, 5.41) is 15.5. The molecule has 2 aromatic rings. The number of alkyl carbamates (subject to hydrolysis) is 1. The van der Waals surface area contributed by atoms with E-state index >= 15 is 0 Å². The highest BCUT2D eigenvalue weighted by Gasteiger charge is 2.44. The predicted octanol–water partition coefficient (Wildman–Crippen LogP) is 1.65. The Balaban J connectivity index is 1.29. The first-order valence-corrected chi connectivity index (χ1v) is 19.5. The molecular weight excluding hydrogens is 698 g/mol. The largest absolute Gasteiger partial charge is 0.492 e. The van der Waals surface area contributed by atoms with Crippen LogP contribution in [0.2, 0.25) is 0 Å². The summed E-state index contributed by atoms with van der Waals surface area (Å²) in [7, 11) is -7.97. The van der Waals surface area contributed by atoms with Crippen molar-refractivity contribution in [2.45, 2.75) is 56.1 Å². The van der Waals surface area contributed by atoms with Gasteiger partial charge in [-0.25, -0.2) is 21.6 Å². The average molecular weight is 742 g/mol. The number of aliphatic hydroxyl groups is 1. The third-order valence-corrected chi connectivity index (χ3v) is 11.0. The minimum Gasteiger partial charge on any atom is -0.492 e. The fraction of sp³-hybridized carbons (Fsp3) is 0.562. The van der Waals surface area contributed by atoms with Gasteiger partial charge in [0.15, 0.2) is 17.8 Å². The number of rotatable bonds is 15. The van der Waals surface area contributed by atoms with Crippen LogP contribution >= 0.6 is 0 Å². The molecule has 2 fully saturated rings. The molecular formula is C32H43N3O13S2. The molecule has 16 nitrogen and oxygen atoms in total. The lowest BCUT2D eigenvalue weighted by atomic mass is 10.0. The molecule has 5 rings (SSSR count). The number of ether oxygens (including phenoxy) is 6. The molecule has 0 bridgehead atoms. The summed E-state index contributed by atoms with van der Waals surface area (Å²) >= 11 is 0. The van der Waals surface area contributed by atoms with Gasteiger partial charge in [0.25, 0.3) is 0 Å². The van der Waals surface area contributed by atoms with Crippen LogP contribution in [0.3, 0.4) is 0 Å². The number of nitrogens with zero attached hydrogens (tertiary/aromatic N) is 1. The van der Waals surface area contributed by atoms with Gasteiger partial charge < -0.3 is 44.2 Å². The second kappa shape index (κ2) is 16.1. The van der Waals surface area contributed by atoms with Gasteiger partial charge in [-0.05, 0) is 48.6 Å². The molecule has 0 spiro atoms. The Morgan fingerprint density at radius 1 is 1.02 bits per heavy atom. The normalized spacial score (nSPS) is 21.1. The van der Waals surface area contributed by atoms with Gasteiger partial charge in [0.1, 0.15) is 18.5 Å². The fourth-order valence-corrected chi connectivity index (χ4v) is 7.78. The van der Waals surface area contributed by atoms with E-state index in [0.29, 0.717) is 35.8 Å². The Labute approximate surface area is 291 Å². The Kier molecular flexibility index (Phi) is 12.1. The third kappa shape index (κ3) is 9.55. The number of nitrogens with one attached hydrogen (secondary N) is 2. The topological polar surface area (TPSA) is 205 Å². The standard InChI is InChI=1S/C32H43N3O13S2/c1-20(2)16-35(50(41,42)23-8-9-27-28(15-23)47-19-46-27)17-26(36)25(34-31(37)48-29-18-45-30-24(29)10-12-44-30)14-21-4-6-22(7-5-21)43-13-11-33-32(38)49(3,39)40/h4-9,15,20,24-26,29-30,36H,10-14,16-19H2,1-3H3,(H,33,38)(H,34,37)/t24?,25-,26+,29?,30?/m0/s1. The van der Waals surface area contributed by atoms with E-state index < -0.39 is 55.7 Å². The lowest BCUT2D eigenvalue weighted by molar-refractivity contribution is -0.0907. The van der Waals surface area contributed by atoms with Gasteiger partial charge >= 0.3 is 11.3 Å². The van der Waals surface area contributed by atoms with Crippen molar-refractivity contribution in [3.05, 3.63) is 48.0 Å². The molecule has 2 amide bonds. The van der Waals surface area contributed by atoms with Crippen molar-refractivity contribution < 1.29 is 60.0 Å². The van der Waals surface area contributed by atoms with Crippen LogP contribution in [-0.4, -0.2) is 115 Å². The van der Waals surface area contributed by atoms with Gasteiger partial charge in [0.2, 0.25) is 26.7 Å². The van der Waals surface area contributed by atoms with E-state index in [0.717, 1.165) is 6.26 Å². The maximum atomic E-state index is 13.9. The average Bonchev–Trinajstić information content (AvgIpc) is 3.81. The second-order valence-electron chi connectivity index (χ2n) is 12.7. The first kappa shape index (κ1) is 37.6. The van der Waals surface area contributed by atoms with Crippen molar-refractivity contribution in [2.75, 3.05) is 52.5 Å². The van der Waals surface area contributed by atoms with Crippen LogP contribution in [0.1, 0.15) is 25.8 Å². The molecule has 0 saturated carbocycles. The summed E-state index contributed by atoms with van der Waals surface area (Å²) < 4.78 is 84.6. The number of hydrogen-bond acceptors (Lipinski definition) is 13. The Hall–Kier alpha value is -3.68. The zero-order valence-corrected chi connectivity index (χ0v) is 29.6. The number of benzene rings is 2. The summed E-state index contributed by atoms with van der Waals surface area (Å²) in [4.78, 5) is 24.7. The molecule has 0 aliphatic carbocycles. The van der Waals surface area contributed by atoms with Crippen molar-refractivity contribution in [3.63, 3.8) is 0 Å². The number of carbonyl (C=O) groups is 2. The highest BCUT2D eigenvalue weighted by atomic mass is 32.2. The zero-order valence-electron chi connectivity index (χ0n) is 28.0. The quantitative estimate of drug-likeness (QED) is 0.223. The highest BCUT2D eigenvalue weighted by molar-refractivity contribution is 8.05. The minimum absolute atomic E-state index is 0.0106. The molecule has 3 heterocycles. The molecule has 2 aromatic carbocycles. The maximum absolute atomic E-state index is 13.9. The monoisotopic (exact) mass is 741 g/mol. The molecule has 50 heavy (non-hydrogen) atoms. The highest BCUT2D eigenvalue weighted by Crippen LogP contribution is 2.35. The third-order valence-electron chi connectivity index (χ3n) is 8.31. The Morgan fingerprint density at radius 3 is 2.48 bits per heavy atom. The molecule has 5 atom stereocenters. The van der Waals surface area contributed by atoms with Crippen LogP contribution in [-0.2, 0) is 40.5 Å². The fourth-order valence-electron chi connectivity index (χ4n) is 5.78. The first-order valence-electron chi connectivity index (χ1n) is 16.2. The summed E-state index contributed by atoms with van der Waals surface area (Å²) in [5.74, 6) is 0.957. The Bertz CT molecular complexity index is 1720. The van der Waals surface area contributed by atoms with Crippen LogP contribution in [0, 0.1) is 11.8 Å². The van der Waals surface area contributed by atoms with Gasteiger partial charge in [-0.2, -0.15) is 4.31 Å². The summed E-state index contributed by atoms with van der Waals surface area (Å²) in [5.41, 5.74) is 0.676. The summed E-state index contributed by atoms with van der Waals surface area (Å²) in [6.07, 6.45) is -1.56. The molecule has 3 aliphatic rings. The second-order valence-corrected chi connectivity index (χ2v) is 16.6. The van der Waals surface area contributed by atoms with Crippen LogP contribution in [0.5, 0.6) is 17.2 Å². The molecule has 276 valence electrons. The summed E-state index contributed by atoms with van der Waals surface area (Å²) in [6, 6.07) is 10.0. The number of hydrogen-bond donors (Lipinski definition) is 3. The molecule has 0 aromatic heterocycles. The van der Waals surface area contributed by atoms with Gasteiger partial charge in [0, 0.05) is 25.4 Å². The van der Waals surface area contributed by atoms with E-state index in [1.165, 1.54) is 22.5 Å². The number of fused-ring (bicyclic) bond motifs is 2. The van der Waals surface area contributed by atoms with Gasteiger partial charge in [-0.15, -0.1) is 0 Å². The Morgan fingerprint density at radius 2 is 1.76 bits per heavy atom. The molecule has 18 heteroatoms. The smallest absolute Gasteiger partial charge is 0.407 e. The van der Waals surface area contributed by atoms with Gasteiger partial charge in [0.05, 0.1) is 42.7 Å². The van der Waals surface area contributed by atoms with Crippen molar-refractivity contribution in [1.29, 1.82) is 0 Å². The summed E-state index contributed by atoms with van der Waals surface area (Å²) in [6.45, 7) is 4.09. The molecule has 3 unspecified atom stereocenters. The maximum Gasteiger partial charge on any atom is 0.407 e. The van der Waals surface area contributed by atoms with Crippen molar-refractivity contribution in [1.82, 2.24) is 14.9 Å². The van der Waals surface area contributed by atoms with Gasteiger partial charge in [-0.3, -0.25) is 4.79 Å². The first-order chi connectivity index (χ1) is 23.7. The van der Waals surface area contributed by atoms with Crippen LogP contribution in [0.15, 0.2) is 47.4 Å².